The highest BCUT2D eigenvalue weighted by Crippen LogP contribution is 2.35. The Hall–Kier alpha value is -0.500. The molecule has 3 heteroatoms. The van der Waals surface area contributed by atoms with E-state index in [9.17, 15) is 4.79 Å². The van der Waals surface area contributed by atoms with Gasteiger partial charge in [0.15, 0.2) is 0 Å². The summed E-state index contributed by atoms with van der Waals surface area (Å²) in [6.07, 6.45) is 6.29. The summed E-state index contributed by atoms with van der Waals surface area (Å²) < 4.78 is 5.42. The fraction of sp³-hybridized carbons (Fsp3) is 0.727. The van der Waals surface area contributed by atoms with E-state index in [1.54, 1.807) is 0 Å². The molecule has 0 radical (unpaired) electrons. The van der Waals surface area contributed by atoms with Gasteiger partial charge in [-0.25, -0.2) is 4.79 Å². The Kier molecular flexibility index (Phi) is 3.99. The van der Waals surface area contributed by atoms with Crippen molar-refractivity contribution in [2.24, 2.45) is 0 Å². The van der Waals surface area contributed by atoms with E-state index in [4.69, 9.17) is 16.3 Å². The molecule has 1 aliphatic rings. The van der Waals surface area contributed by atoms with Gasteiger partial charge in [0.05, 0.1) is 0 Å². The first-order chi connectivity index (χ1) is 6.59. The van der Waals surface area contributed by atoms with Gasteiger partial charge in [0.25, 0.3) is 0 Å². The molecule has 1 rings (SSSR count). The number of hydrogen-bond acceptors (Lipinski definition) is 2. The van der Waals surface area contributed by atoms with Crippen LogP contribution in [0.1, 0.15) is 45.4 Å². The average molecular weight is 217 g/mol. The maximum atomic E-state index is 11.3. The summed E-state index contributed by atoms with van der Waals surface area (Å²) in [6.45, 7) is 5.43. The van der Waals surface area contributed by atoms with E-state index in [-0.39, 0.29) is 10.6 Å². The topological polar surface area (TPSA) is 26.3 Å². The molecule has 0 aromatic carbocycles. The van der Waals surface area contributed by atoms with Crippen molar-refractivity contribution in [3.05, 3.63) is 11.6 Å². The van der Waals surface area contributed by atoms with Crippen LogP contribution in [0, 0.1) is 0 Å². The molecule has 1 aliphatic carbocycles. The van der Waals surface area contributed by atoms with Gasteiger partial charge in [-0.2, -0.15) is 0 Å². The average Bonchev–Trinajstić information content (AvgIpc) is 2.19. The zero-order valence-electron chi connectivity index (χ0n) is 8.64. The molecule has 0 spiro atoms. The Balaban J connectivity index is 2.60. The van der Waals surface area contributed by atoms with Crippen LogP contribution in [0.25, 0.3) is 0 Å². The molecule has 0 heterocycles. The second kappa shape index (κ2) is 4.83. The fourth-order valence-corrected chi connectivity index (χ4v) is 2.01. The SMILES string of the molecule is C=C(Cl)C(=O)OC1(CC)CCCCC1. The molecule has 0 saturated heterocycles. The van der Waals surface area contributed by atoms with Crippen molar-refractivity contribution in [1.29, 1.82) is 0 Å². The summed E-state index contributed by atoms with van der Waals surface area (Å²) in [5, 5.41) is -0.0246. The van der Waals surface area contributed by atoms with Gasteiger partial charge in [0.1, 0.15) is 10.6 Å². The molecule has 0 unspecified atom stereocenters. The first-order valence-corrected chi connectivity index (χ1v) is 5.55. The molecule has 2 nitrogen and oxygen atoms in total. The maximum Gasteiger partial charge on any atom is 0.349 e. The van der Waals surface area contributed by atoms with Crippen LogP contribution in [0.3, 0.4) is 0 Å². The minimum atomic E-state index is -0.463. The van der Waals surface area contributed by atoms with E-state index in [2.05, 4.69) is 13.5 Å². The molecular formula is C11H17ClO2. The Morgan fingerprint density at radius 2 is 2.00 bits per heavy atom. The van der Waals surface area contributed by atoms with Crippen molar-refractivity contribution >= 4 is 17.6 Å². The monoisotopic (exact) mass is 216 g/mol. The lowest BCUT2D eigenvalue weighted by atomic mass is 9.83. The molecule has 1 saturated carbocycles. The molecule has 0 aromatic heterocycles. The zero-order chi connectivity index (χ0) is 10.6. The van der Waals surface area contributed by atoms with Crippen LogP contribution in [0.5, 0.6) is 0 Å². The van der Waals surface area contributed by atoms with E-state index in [1.165, 1.54) is 6.42 Å². The first kappa shape index (κ1) is 11.6. The van der Waals surface area contributed by atoms with E-state index in [0.717, 1.165) is 32.1 Å². The van der Waals surface area contributed by atoms with Crippen molar-refractivity contribution in [3.63, 3.8) is 0 Å². The number of esters is 1. The van der Waals surface area contributed by atoms with Gasteiger partial charge in [0, 0.05) is 0 Å². The number of halogens is 1. The lowest BCUT2D eigenvalue weighted by Gasteiger charge is -2.35. The van der Waals surface area contributed by atoms with Gasteiger partial charge < -0.3 is 4.74 Å². The summed E-state index contributed by atoms with van der Waals surface area (Å²) in [5.41, 5.74) is -0.271. The minimum Gasteiger partial charge on any atom is -0.455 e. The summed E-state index contributed by atoms with van der Waals surface area (Å²) >= 11 is 5.50. The molecule has 0 bridgehead atoms. The van der Waals surface area contributed by atoms with Crippen LogP contribution in [0.15, 0.2) is 11.6 Å². The Morgan fingerprint density at radius 1 is 1.43 bits per heavy atom. The Morgan fingerprint density at radius 3 is 2.43 bits per heavy atom. The van der Waals surface area contributed by atoms with Crippen LogP contribution in [0.2, 0.25) is 0 Å². The van der Waals surface area contributed by atoms with E-state index in [0.29, 0.717) is 0 Å². The van der Waals surface area contributed by atoms with E-state index in [1.807, 2.05) is 0 Å². The van der Waals surface area contributed by atoms with Crippen molar-refractivity contribution in [3.8, 4) is 0 Å². The van der Waals surface area contributed by atoms with Crippen molar-refractivity contribution in [1.82, 2.24) is 0 Å². The molecule has 14 heavy (non-hydrogen) atoms. The molecule has 0 atom stereocenters. The number of hydrogen-bond donors (Lipinski definition) is 0. The number of carbonyl (C=O) groups is 1. The lowest BCUT2D eigenvalue weighted by molar-refractivity contribution is -0.158. The third kappa shape index (κ3) is 2.74. The Labute approximate surface area is 90.3 Å². The quantitative estimate of drug-likeness (QED) is 0.534. The minimum absolute atomic E-state index is 0.0246. The normalized spacial score (nSPS) is 20.1. The molecule has 0 N–H and O–H groups in total. The van der Waals surface area contributed by atoms with E-state index >= 15 is 0 Å². The molecule has 80 valence electrons. The number of carbonyl (C=O) groups excluding carboxylic acids is 1. The van der Waals surface area contributed by atoms with Gasteiger partial charge in [-0.1, -0.05) is 31.5 Å². The molecule has 0 aliphatic heterocycles. The molecule has 0 amide bonds. The zero-order valence-corrected chi connectivity index (χ0v) is 9.40. The third-order valence-corrected chi connectivity index (χ3v) is 3.09. The largest absolute Gasteiger partial charge is 0.455 e. The summed E-state index contributed by atoms with van der Waals surface area (Å²) in [5.74, 6) is -0.463. The maximum absolute atomic E-state index is 11.3. The van der Waals surface area contributed by atoms with Crippen LogP contribution in [-0.4, -0.2) is 11.6 Å². The predicted molar refractivity (Wildman–Crippen MR) is 57.2 cm³/mol. The highest BCUT2D eigenvalue weighted by molar-refractivity contribution is 6.40. The van der Waals surface area contributed by atoms with Gasteiger partial charge in [0.2, 0.25) is 0 Å². The summed E-state index contributed by atoms with van der Waals surface area (Å²) in [4.78, 5) is 11.3. The molecule has 0 aromatic rings. The van der Waals surface area contributed by atoms with Crippen LogP contribution >= 0.6 is 11.6 Å². The van der Waals surface area contributed by atoms with Crippen LogP contribution in [-0.2, 0) is 9.53 Å². The highest BCUT2D eigenvalue weighted by Gasteiger charge is 2.34. The second-order valence-corrected chi connectivity index (χ2v) is 4.35. The van der Waals surface area contributed by atoms with Gasteiger partial charge in [-0.05, 0) is 32.1 Å². The third-order valence-electron chi connectivity index (χ3n) is 2.94. The van der Waals surface area contributed by atoms with Gasteiger partial charge in [-0.3, -0.25) is 0 Å². The number of rotatable bonds is 3. The predicted octanol–water partition coefficient (Wildman–Crippen LogP) is 3.40. The summed E-state index contributed by atoms with van der Waals surface area (Å²) in [7, 11) is 0. The standard InChI is InChI=1S/C11H17ClO2/c1-3-11(7-5-4-6-8-11)14-10(13)9(2)12/h2-8H2,1H3. The molecular weight excluding hydrogens is 200 g/mol. The highest BCUT2D eigenvalue weighted by atomic mass is 35.5. The van der Waals surface area contributed by atoms with Crippen LogP contribution in [0.4, 0.5) is 0 Å². The van der Waals surface area contributed by atoms with Crippen molar-refractivity contribution in [2.45, 2.75) is 51.0 Å². The van der Waals surface area contributed by atoms with Crippen molar-refractivity contribution in [2.75, 3.05) is 0 Å². The fourth-order valence-electron chi connectivity index (χ4n) is 1.98. The Bertz CT molecular complexity index is 229. The van der Waals surface area contributed by atoms with Gasteiger partial charge in [-0.15, -0.1) is 0 Å². The van der Waals surface area contributed by atoms with Gasteiger partial charge >= 0.3 is 5.97 Å². The van der Waals surface area contributed by atoms with E-state index < -0.39 is 5.97 Å². The second-order valence-electron chi connectivity index (χ2n) is 3.89. The number of ether oxygens (including phenoxy) is 1. The van der Waals surface area contributed by atoms with Crippen molar-refractivity contribution < 1.29 is 9.53 Å². The lowest BCUT2D eigenvalue weighted by Crippen LogP contribution is -2.36. The first-order valence-electron chi connectivity index (χ1n) is 5.17. The summed E-state index contributed by atoms with van der Waals surface area (Å²) in [6, 6.07) is 0. The van der Waals surface area contributed by atoms with Crippen LogP contribution < -0.4 is 0 Å². The molecule has 1 fully saturated rings. The smallest absolute Gasteiger partial charge is 0.349 e.